The molecule has 0 unspecified atom stereocenters. The van der Waals surface area contributed by atoms with Gasteiger partial charge in [0.15, 0.2) is 0 Å². The molecule has 6 heteroatoms. The molecule has 1 N–H and O–H groups in total. The average molecular weight is 367 g/mol. The maximum Gasteiger partial charge on any atom is 0.340 e. The Kier molecular flexibility index (Phi) is 6.47. The summed E-state index contributed by atoms with van der Waals surface area (Å²) in [6.45, 7) is 4.84. The van der Waals surface area contributed by atoms with Crippen molar-refractivity contribution in [3.8, 4) is 0 Å². The molecule has 0 aromatic heterocycles. The number of carbonyl (C=O) groups excluding carboxylic acids is 2. The van der Waals surface area contributed by atoms with Crippen molar-refractivity contribution in [2.24, 2.45) is 0 Å². The molecule has 0 atom stereocenters. The third-order valence-electron chi connectivity index (χ3n) is 5.13. The largest absolute Gasteiger partial charge is 0.465 e. The van der Waals surface area contributed by atoms with Gasteiger partial charge < -0.3 is 10.1 Å². The SMILES string of the molecule is CCCCN(C)C1(C(=O)Nc2c(C)cc(Cl)cc2C(=O)OC)CCC1. The fourth-order valence-corrected chi connectivity index (χ4v) is 3.59. The summed E-state index contributed by atoms with van der Waals surface area (Å²) in [5.74, 6) is -0.573. The van der Waals surface area contributed by atoms with Crippen LogP contribution in [0.25, 0.3) is 0 Å². The number of ether oxygens (including phenoxy) is 1. The van der Waals surface area contributed by atoms with Crippen LogP contribution in [0.3, 0.4) is 0 Å². The van der Waals surface area contributed by atoms with Gasteiger partial charge in [0, 0.05) is 5.02 Å². The molecule has 1 aromatic rings. The number of benzene rings is 1. The van der Waals surface area contributed by atoms with Crippen molar-refractivity contribution in [2.75, 3.05) is 26.0 Å². The highest BCUT2D eigenvalue weighted by Gasteiger charge is 2.47. The Labute approximate surface area is 154 Å². The fourth-order valence-electron chi connectivity index (χ4n) is 3.31. The Morgan fingerprint density at radius 3 is 2.56 bits per heavy atom. The van der Waals surface area contributed by atoms with Crippen molar-refractivity contribution in [2.45, 2.75) is 51.5 Å². The van der Waals surface area contributed by atoms with E-state index in [9.17, 15) is 9.59 Å². The summed E-state index contributed by atoms with van der Waals surface area (Å²) >= 11 is 6.07. The first-order chi connectivity index (χ1) is 11.9. The topological polar surface area (TPSA) is 58.6 Å². The Balaban J connectivity index is 2.29. The zero-order valence-corrected chi connectivity index (χ0v) is 16.2. The lowest BCUT2D eigenvalue weighted by Crippen LogP contribution is -2.60. The van der Waals surface area contributed by atoms with Gasteiger partial charge in [0.1, 0.15) is 5.54 Å². The number of nitrogens with zero attached hydrogens (tertiary/aromatic N) is 1. The highest BCUT2D eigenvalue weighted by atomic mass is 35.5. The summed E-state index contributed by atoms with van der Waals surface area (Å²) in [5, 5.41) is 3.42. The molecule has 0 aliphatic heterocycles. The Morgan fingerprint density at radius 1 is 1.36 bits per heavy atom. The second kappa shape index (κ2) is 8.19. The number of methoxy groups -OCH3 is 1. The van der Waals surface area contributed by atoms with Gasteiger partial charge in [-0.15, -0.1) is 0 Å². The third kappa shape index (κ3) is 3.98. The van der Waals surface area contributed by atoms with Crippen LogP contribution < -0.4 is 5.32 Å². The van der Waals surface area contributed by atoms with Gasteiger partial charge in [-0.3, -0.25) is 9.69 Å². The van der Waals surface area contributed by atoms with Gasteiger partial charge in [0.25, 0.3) is 0 Å². The number of esters is 1. The summed E-state index contributed by atoms with van der Waals surface area (Å²) in [6.07, 6.45) is 4.84. The third-order valence-corrected chi connectivity index (χ3v) is 5.34. The predicted molar refractivity (Wildman–Crippen MR) is 100 cm³/mol. The lowest BCUT2D eigenvalue weighted by molar-refractivity contribution is -0.133. The van der Waals surface area contributed by atoms with Crippen molar-refractivity contribution in [3.05, 3.63) is 28.3 Å². The number of hydrogen-bond acceptors (Lipinski definition) is 4. The van der Waals surface area contributed by atoms with Crippen molar-refractivity contribution >= 4 is 29.2 Å². The molecule has 1 aromatic carbocycles. The van der Waals surface area contributed by atoms with Crippen molar-refractivity contribution in [1.29, 1.82) is 0 Å². The van der Waals surface area contributed by atoms with Crippen LogP contribution in [0.5, 0.6) is 0 Å². The van der Waals surface area contributed by atoms with E-state index in [2.05, 4.69) is 17.1 Å². The molecule has 1 saturated carbocycles. The molecule has 0 saturated heterocycles. The lowest BCUT2D eigenvalue weighted by Gasteiger charge is -2.47. The van der Waals surface area contributed by atoms with Crippen LogP contribution in [-0.2, 0) is 9.53 Å². The van der Waals surface area contributed by atoms with Gasteiger partial charge in [-0.2, -0.15) is 0 Å². The molecule has 138 valence electrons. The molecule has 1 aliphatic rings. The van der Waals surface area contributed by atoms with Gasteiger partial charge in [-0.25, -0.2) is 4.79 Å². The van der Waals surface area contributed by atoms with E-state index in [1.807, 2.05) is 14.0 Å². The van der Waals surface area contributed by atoms with Crippen LogP contribution >= 0.6 is 11.6 Å². The van der Waals surface area contributed by atoms with E-state index in [1.165, 1.54) is 13.2 Å². The summed E-state index contributed by atoms with van der Waals surface area (Å²) in [7, 11) is 3.32. The van der Waals surface area contributed by atoms with Crippen LogP contribution in [-0.4, -0.2) is 43.0 Å². The van der Waals surface area contributed by atoms with Crippen LogP contribution in [0.1, 0.15) is 54.9 Å². The molecular weight excluding hydrogens is 340 g/mol. The first kappa shape index (κ1) is 19.7. The van der Waals surface area contributed by atoms with Crippen LogP contribution in [0, 0.1) is 6.92 Å². The van der Waals surface area contributed by atoms with E-state index in [0.717, 1.165) is 44.2 Å². The quantitative estimate of drug-likeness (QED) is 0.740. The van der Waals surface area contributed by atoms with E-state index in [-0.39, 0.29) is 11.5 Å². The van der Waals surface area contributed by atoms with Gasteiger partial charge in [0.2, 0.25) is 5.91 Å². The smallest absolute Gasteiger partial charge is 0.340 e. The number of carbonyl (C=O) groups is 2. The Morgan fingerprint density at radius 2 is 2.04 bits per heavy atom. The second-order valence-electron chi connectivity index (χ2n) is 6.75. The lowest BCUT2D eigenvalue weighted by atomic mass is 9.74. The first-order valence-corrected chi connectivity index (χ1v) is 9.14. The van der Waals surface area contributed by atoms with E-state index < -0.39 is 11.5 Å². The molecule has 0 heterocycles. The first-order valence-electron chi connectivity index (χ1n) is 8.77. The molecule has 2 rings (SSSR count). The number of nitrogens with one attached hydrogen (secondary N) is 1. The van der Waals surface area contributed by atoms with E-state index in [4.69, 9.17) is 16.3 Å². The van der Waals surface area contributed by atoms with E-state index in [1.54, 1.807) is 6.07 Å². The van der Waals surface area contributed by atoms with Crippen molar-refractivity contribution in [3.63, 3.8) is 0 Å². The maximum atomic E-state index is 13.1. The number of rotatable bonds is 7. The molecule has 0 bridgehead atoms. The van der Waals surface area contributed by atoms with Crippen LogP contribution in [0.15, 0.2) is 12.1 Å². The van der Waals surface area contributed by atoms with E-state index >= 15 is 0 Å². The number of unbranched alkanes of at least 4 members (excludes halogenated alkanes) is 1. The minimum Gasteiger partial charge on any atom is -0.465 e. The number of hydrogen-bond donors (Lipinski definition) is 1. The molecule has 0 radical (unpaired) electrons. The summed E-state index contributed by atoms with van der Waals surface area (Å²) in [5.41, 5.74) is 1.02. The predicted octanol–water partition coefficient (Wildman–Crippen LogP) is 4.03. The maximum absolute atomic E-state index is 13.1. The van der Waals surface area contributed by atoms with E-state index in [0.29, 0.717) is 10.7 Å². The number of amides is 1. The van der Waals surface area contributed by atoms with Crippen LogP contribution in [0.4, 0.5) is 5.69 Å². The van der Waals surface area contributed by atoms with Gasteiger partial charge in [0.05, 0.1) is 18.4 Å². The molecule has 0 spiro atoms. The number of anilines is 1. The zero-order chi connectivity index (χ0) is 18.6. The summed E-state index contributed by atoms with van der Waals surface area (Å²) in [4.78, 5) is 27.3. The normalized spacial score (nSPS) is 15.6. The minimum atomic E-state index is -0.511. The molecule has 1 amide bonds. The summed E-state index contributed by atoms with van der Waals surface area (Å²) in [6, 6.07) is 3.27. The van der Waals surface area contributed by atoms with Gasteiger partial charge in [-0.05, 0) is 63.9 Å². The number of halogens is 1. The minimum absolute atomic E-state index is 0.0621. The molecule has 1 aliphatic carbocycles. The molecule has 5 nitrogen and oxygen atoms in total. The molecular formula is C19H27ClN2O3. The fraction of sp³-hybridized carbons (Fsp3) is 0.579. The number of aryl methyl sites for hydroxylation is 1. The monoisotopic (exact) mass is 366 g/mol. The molecule has 25 heavy (non-hydrogen) atoms. The standard InChI is InChI=1S/C19H27ClN2O3/c1-5-6-10-22(3)19(8-7-9-19)18(24)21-16-13(2)11-14(20)12-15(16)17(23)25-4/h11-12H,5-10H2,1-4H3,(H,21,24). The van der Waals surface area contributed by atoms with Crippen molar-refractivity contribution < 1.29 is 14.3 Å². The average Bonchev–Trinajstić information content (AvgIpc) is 2.53. The molecule has 1 fully saturated rings. The summed E-state index contributed by atoms with van der Waals surface area (Å²) < 4.78 is 4.84. The van der Waals surface area contributed by atoms with Crippen molar-refractivity contribution in [1.82, 2.24) is 4.90 Å². The Bertz CT molecular complexity index is 656. The zero-order valence-electron chi connectivity index (χ0n) is 15.4. The second-order valence-corrected chi connectivity index (χ2v) is 7.19. The van der Waals surface area contributed by atoms with Gasteiger partial charge >= 0.3 is 5.97 Å². The highest BCUT2D eigenvalue weighted by molar-refractivity contribution is 6.31. The Hall–Kier alpha value is -1.59. The van der Waals surface area contributed by atoms with Crippen LogP contribution in [0.2, 0.25) is 5.02 Å². The van der Waals surface area contributed by atoms with Gasteiger partial charge in [-0.1, -0.05) is 24.9 Å². The number of likely N-dealkylation sites (N-methyl/N-ethyl adjacent to an activating group) is 1. The highest BCUT2D eigenvalue weighted by Crippen LogP contribution is 2.39.